The van der Waals surface area contributed by atoms with Gasteiger partial charge < -0.3 is 5.73 Å². The standard InChI is InChI=1S/C12H13ClFN3O2S/c13-10-6-8(16)7-11(12(10)14)20(18,19)17(5-1-4-15)9-2-3-9/h6-7,9H,1-3,5,16H2. The number of nitriles is 1. The summed E-state index contributed by atoms with van der Waals surface area (Å²) in [6.45, 7) is 0.0371. The quantitative estimate of drug-likeness (QED) is 0.843. The number of nitrogen functional groups attached to an aromatic ring is 1. The maximum Gasteiger partial charge on any atom is 0.246 e. The molecular formula is C12H13ClFN3O2S. The van der Waals surface area contributed by atoms with Gasteiger partial charge in [0.05, 0.1) is 11.1 Å². The van der Waals surface area contributed by atoms with Gasteiger partial charge in [0.1, 0.15) is 4.90 Å². The summed E-state index contributed by atoms with van der Waals surface area (Å²) in [5, 5.41) is 8.28. The first kappa shape index (κ1) is 15.0. The van der Waals surface area contributed by atoms with Crippen LogP contribution in [-0.2, 0) is 10.0 Å². The first-order chi connectivity index (χ1) is 9.37. The number of anilines is 1. The third-order valence-corrected chi connectivity index (χ3v) is 5.23. The van der Waals surface area contributed by atoms with Crippen LogP contribution in [0.2, 0.25) is 5.02 Å². The largest absolute Gasteiger partial charge is 0.399 e. The Labute approximate surface area is 121 Å². The van der Waals surface area contributed by atoms with Gasteiger partial charge in [0.15, 0.2) is 5.82 Å². The van der Waals surface area contributed by atoms with Crippen LogP contribution in [0.1, 0.15) is 19.3 Å². The summed E-state index contributed by atoms with van der Waals surface area (Å²) in [5.74, 6) is -1.01. The average Bonchev–Trinajstić information content (AvgIpc) is 3.18. The highest BCUT2D eigenvalue weighted by atomic mass is 35.5. The van der Waals surface area contributed by atoms with Gasteiger partial charge in [-0.2, -0.15) is 9.57 Å². The Balaban J connectivity index is 2.45. The number of hydrogen-bond donors (Lipinski definition) is 1. The lowest BCUT2D eigenvalue weighted by molar-refractivity contribution is 0.407. The molecule has 108 valence electrons. The second-order valence-electron chi connectivity index (χ2n) is 4.57. The van der Waals surface area contributed by atoms with Crippen LogP contribution in [0.4, 0.5) is 10.1 Å². The molecule has 1 aromatic carbocycles. The molecule has 0 saturated heterocycles. The maximum absolute atomic E-state index is 14.0. The highest BCUT2D eigenvalue weighted by Crippen LogP contribution is 2.35. The van der Waals surface area contributed by atoms with E-state index in [1.54, 1.807) is 0 Å². The summed E-state index contributed by atoms with van der Waals surface area (Å²) in [4.78, 5) is -0.535. The van der Waals surface area contributed by atoms with Crippen molar-refractivity contribution in [1.82, 2.24) is 4.31 Å². The van der Waals surface area contributed by atoms with Crippen molar-refractivity contribution < 1.29 is 12.8 Å². The molecular weight excluding hydrogens is 305 g/mol. The van der Waals surface area contributed by atoms with E-state index in [9.17, 15) is 12.8 Å². The average molecular weight is 318 g/mol. The lowest BCUT2D eigenvalue weighted by Crippen LogP contribution is -2.34. The summed E-state index contributed by atoms with van der Waals surface area (Å²) in [6.07, 6.45) is 1.47. The molecule has 0 radical (unpaired) electrons. The van der Waals surface area contributed by atoms with Crippen molar-refractivity contribution in [2.75, 3.05) is 12.3 Å². The molecule has 2 N–H and O–H groups in total. The fourth-order valence-electron chi connectivity index (χ4n) is 1.92. The van der Waals surface area contributed by atoms with Gasteiger partial charge >= 0.3 is 0 Å². The molecule has 2 rings (SSSR count). The van der Waals surface area contributed by atoms with E-state index in [-0.39, 0.29) is 29.7 Å². The number of nitrogens with zero attached hydrogens (tertiary/aromatic N) is 2. The number of halogens is 2. The van der Waals surface area contributed by atoms with E-state index in [1.165, 1.54) is 0 Å². The lowest BCUT2D eigenvalue weighted by Gasteiger charge is -2.21. The van der Waals surface area contributed by atoms with E-state index >= 15 is 0 Å². The Morgan fingerprint density at radius 2 is 2.15 bits per heavy atom. The van der Waals surface area contributed by atoms with Crippen LogP contribution in [0.5, 0.6) is 0 Å². The second-order valence-corrected chi connectivity index (χ2v) is 6.84. The first-order valence-corrected chi connectivity index (χ1v) is 7.83. The minimum Gasteiger partial charge on any atom is -0.399 e. The van der Waals surface area contributed by atoms with Gasteiger partial charge in [-0.25, -0.2) is 12.8 Å². The van der Waals surface area contributed by atoms with Gasteiger partial charge in [0.25, 0.3) is 0 Å². The molecule has 1 aliphatic carbocycles. The van der Waals surface area contributed by atoms with E-state index < -0.39 is 20.7 Å². The van der Waals surface area contributed by atoms with Crippen molar-refractivity contribution in [2.24, 2.45) is 0 Å². The van der Waals surface area contributed by atoms with Crippen LogP contribution >= 0.6 is 11.6 Å². The monoisotopic (exact) mass is 317 g/mol. The fraction of sp³-hybridized carbons (Fsp3) is 0.417. The van der Waals surface area contributed by atoms with Crippen molar-refractivity contribution in [2.45, 2.75) is 30.2 Å². The topological polar surface area (TPSA) is 87.2 Å². The van der Waals surface area contributed by atoms with Crippen LogP contribution < -0.4 is 5.73 Å². The Hall–Kier alpha value is -1.36. The number of rotatable bonds is 5. The summed E-state index contributed by atoms with van der Waals surface area (Å²) < 4.78 is 40.2. The van der Waals surface area contributed by atoms with E-state index in [4.69, 9.17) is 22.6 Å². The van der Waals surface area contributed by atoms with Crippen LogP contribution in [0.3, 0.4) is 0 Å². The molecule has 1 aromatic rings. The zero-order chi connectivity index (χ0) is 14.9. The van der Waals surface area contributed by atoms with Crippen molar-refractivity contribution in [3.05, 3.63) is 23.0 Å². The predicted molar refractivity (Wildman–Crippen MR) is 73.0 cm³/mol. The van der Waals surface area contributed by atoms with Gasteiger partial charge in [0, 0.05) is 24.7 Å². The normalized spacial score (nSPS) is 15.3. The van der Waals surface area contributed by atoms with E-state index in [2.05, 4.69) is 0 Å². The SMILES string of the molecule is N#CCCN(C1CC1)S(=O)(=O)c1cc(N)cc(Cl)c1F. The van der Waals surface area contributed by atoms with Crippen molar-refractivity contribution >= 4 is 27.3 Å². The van der Waals surface area contributed by atoms with Crippen LogP contribution in [0, 0.1) is 17.1 Å². The Morgan fingerprint density at radius 3 is 2.70 bits per heavy atom. The maximum atomic E-state index is 14.0. The number of hydrogen-bond acceptors (Lipinski definition) is 4. The van der Waals surface area contributed by atoms with Crippen molar-refractivity contribution in [1.29, 1.82) is 5.26 Å². The molecule has 0 aliphatic heterocycles. The van der Waals surface area contributed by atoms with Crippen molar-refractivity contribution in [3.8, 4) is 6.07 Å². The molecule has 0 heterocycles. The summed E-state index contributed by atoms with van der Waals surface area (Å²) in [7, 11) is -4.04. The molecule has 0 amide bonds. The molecule has 1 aliphatic rings. The summed E-state index contributed by atoms with van der Waals surface area (Å²) >= 11 is 5.64. The third kappa shape index (κ3) is 2.87. The Kier molecular flexibility index (Phi) is 4.18. The number of benzene rings is 1. The zero-order valence-corrected chi connectivity index (χ0v) is 12.1. The molecule has 0 aromatic heterocycles. The lowest BCUT2D eigenvalue weighted by atomic mass is 10.3. The van der Waals surface area contributed by atoms with Gasteiger partial charge in [-0.15, -0.1) is 0 Å². The van der Waals surface area contributed by atoms with Gasteiger partial charge in [-0.1, -0.05) is 11.6 Å². The molecule has 0 spiro atoms. The molecule has 5 nitrogen and oxygen atoms in total. The van der Waals surface area contributed by atoms with Crippen LogP contribution in [0.25, 0.3) is 0 Å². The van der Waals surface area contributed by atoms with E-state index in [0.29, 0.717) is 12.8 Å². The number of sulfonamides is 1. The Bertz CT molecular complexity index is 668. The highest BCUT2D eigenvalue weighted by molar-refractivity contribution is 7.89. The minimum absolute atomic E-state index is 0.0371. The predicted octanol–water partition coefficient (Wildman–Crippen LogP) is 2.13. The molecule has 0 unspecified atom stereocenters. The molecule has 0 atom stereocenters. The second kappa shape index (κ2) is 5.56. The van der Waals surface area contributed by atoms with Gasteiger partial charge in [-0.3, -0.25) is 0 Å². The van der Waals surface area contributed by atoms with Crippen LogP contribution in [-0.4, -0.2) is 25.3 Å². The third-order valence-electron chi connectivity index (χ3n) is 3.00. The van der Waals surface area contributed by atoms with Crippen molar-refractivity contribution in [3.63, 3.8) is 0 Å². The Morgan fingerprint density at radius 1 is 1.50 bits per heavy atom. The number of nitrogens with two attached hydrogens (primary N) is 1. The summed E-state index contributed by atoms with van der Waals surface area (Å²) in [5.41, 5.74) is 5.61. The van der Waals surface area contributed by atoms with Gasteiger partial charge in [0.2, 0.25) is 10.0 Å². The molecule has 0 bridgehead atoms. The highest BCUT2D eigenvalue weighted by Gasteiger charge is 2.39. The van der Waals surface area contributed by atoms with Crippen LogP contribution in [0.15, 0.2) is 17.0 Å². The molecule has 8 heteroatoms. The van der Waals surface area contributed by atoms with Gasteiger partial charge in [-0.05, 0) is 25.0 Å². The smallest absolute Gasteiger partial charge is 0.246 e. The van der Waals surface area contributed by atoms with E-state index in [1.807, 2.05) is 6.07 Å². The summed E-state index contributed by atoms with van der Waals surface area (Å²) in [6, 6.07) is 3.93. The molecule has 1 fully saturated rings. The first-order valence-electron chi connectivity index (χ1n) is 6.01. The van der Waals surface area contributed by atoms with E-state index in [0.717, 1.165) is 16.4 Å². The minimum atomic E-state index is -4.04. The fourth-order valence-corrected chi connectivity index (χ4v) is 4.01. The molecule has 20 heavy (non-hydrogen) atoms. The zero-order valence-electron chi connectivity index (χ0n) is 10.5. The molecule has 1 saturated carbocycles.